The van der Waals surface area contributed by atoms with Gasteiger partial charge in [0.2, 0.25) is 11.6 Å². The van der Waals surface area contributed by atoms with E-state index in [1.807, 2.05) is 0 Å². The number of rotatable bonds is 3. The van der Waals surface area contributed by atoms with E-state index in [4.69, 9.17) is 18.9 Å². The summed E-state index contributed by atoms with van der Waals surface area (Å²) < 4.78 is 21.4. The molecule has 0 aromatic heterocycles. The van der Waals surface area contributed by atoms with Crippen LogP contribution in [0, 0.1) is 11.8 Å². The molecule has 1 saturated carbocycles. The topological polar surface area (TPSA) is 71.1 Å². The molecule has 4 atom stereocenters. The Hall–Kier alpha value is -1.24. The summed E-state index contributed by atoms with van der Waals surface area (Å²) in [5.74, 6) is -2.45. The van der Waals surface area contributed by atoms with Crippen LogP contribution in [0.5, 0.6) is 0 Å². The van der Waals surface area contributed by atoms with Gasteiger partial charge in [0, 0.05) is 19.8 Å². The highest BCUT2D eigenvalue weighted by atomic mass is 16.7. The molecule has 0 radical (unpaired) electrons. The van der Waals surface area contributed by atoms with Crippen LogP contribution >= 0.6 is 0 Å². The average molecular weight is 282 g/mol. The number of methoxy groups -OCH3 is 3. The summed E-state index contributed by atoms with van der Waals surface area (Å²) >= 11 is 0. The van der Waals surface area contributed by atoms with Crippen molar-refractivity contribution in [2.45, 2.75) is 24.2 Å². The summed E-state index contributed by atoms with van der Waals surface area (Å²) in [6.45, 7) is 0.439. The molecule has 110 valence electrons. The monoisotopic (exact) mass is 282 g/mol. The van der Waals surface area contributed by atoms with Crippen LogP contribution in [0.15, 0.2) is 11.6 Å². The predicted octanol–water partition coefficient (Wildman–Crippen LogP) is 0.453. The first-order chi connectivity index (χ1) is 9.54. The molecule has 4 aliphatic rings. The van der Waals surface area contributed by atoms with Crippen molar-refractivity contribution in [2.24, 2.45) is 11.8 Å². The van der Waals surface area contributed by atoms with E-state index in [1.165, 1.54) is 21.3 Å². The zero-order valence-corrected chi connectivity index (χ0v) is 11.8. The molecule has 3 aliphatic carbocycles. The fourth-order valence-electron chi connectivity index (χ4n) is 3.87. The number of hydrogen-bond donors (Lipinski definition) is 0. The lowest BCUT2D eigenvalue weighted by atomic mass is 9.57. The van der Waals surface area contributed by atoms with Crippen molar-refractivity contribution in [1.82, 2.24) is 0 Å². The van der Waals surface area contributed by atoms with Crippen LogP contribution in [0.25, 0.3) is 0 Å². The van der Waals surface area contributed by atoms with Crippen molar-refractivity contribution in [2.75, 3.05) is 27.9 Å². The Morgan fingerprint density at radius 2 is 2.10 bits per heavy atom. The van der Waals surface area contributed by atoms with E-state index in [1.54, 1.807) is 6.08 Å². The Labute approximate surface area is 117 Å². The molecule has 1 saturated heterocycles. The van der Waals surface area contributed by atoms with Gasteiger partial charge in [-0.25, -0.2) is 4.79 Å². The highest BCUT2D eigenvalue weighted by Gasteiger charge is 2.69. The van der Waals surface area contributed by atoms with Gasteiger partial charge < -0.3 is 18.9 Å². The first kappa shape index (κ1) is 13.7. The SMILES string of the molecule is COC(=O)C1=C[C@]2(OC)C[C@H]3CCO[C@@](OC)(C2=O)[C@@H]13. The highest BCUT2D eigenvalue weighted by molar-refractivity contribution is 6.04. The predicted molar refractivity (Wildman–Crippen MR) is 66.8 cm³/mol. The largest absolute Gasteiger partial charge is 0.466 e. The van der Waals surface area contributed by atoms with Crippen molar-refractivity contribution in [3.05, 3.63) is 11.6 Å². The van der Waals surface area contributed by atoms with Crippen molar-refractivity contribution >= 4 is 11.8 Å². The summed E-state index contributed by atoms with van der Waals surface area (Å²) in [5, 5.41) is 0. The minimum absolute atomic E-state index is 0.112. The molecule has 0 spiro atoms. The Morgan fingerprint density at radius 1 is 1.35 bits per heavy atom. The molecule has 2 fully saturated rings. The number of ether oxygens (including phenoxy) is 4. The summed E-state index contributed by atoms with van der Waals surface area (Å²) in [7, 11) is 4.22. The van der Waals surface area contributed by atoms with Gasteiger partial charge in [0.15, 0.2) is 5.60 Å². The van der Waals surface area contributed by atoms with E-state index in [-0.39, 0.29) is 11.7 Å². The van der Waals surface area contributed by atoms with Crippen LogP contribution in [0.2, 0.25) is 0 Å². The number of ketones is 1. The smallest absolute Gasteiger partial charge is 0.334 e. The molecule has 0 unspecified atom stereocenters. The van der Waals surface area contributed by atoms with Crippen molar-refractivity contribution in [3.8, 4) is 0 Å². The minimum atomic E-state index is -1.42. The molecule has 0 amide bonds. The first-order valence-corrected chi connectivity index (χ1v) is 6.65. The van der Waals surface area contributed by atoms with E-state index in [9.17, 15) is 9.59 Å². The summed E-state index contributed by atoms with van der Waals surface area (Å²) in [4.78, 5) is 24.8. The second-order valence-electron chi connectivity index (χ2n) is 5.46. The highest BCUT2D eigenvalue weighted by Crippen LogP contribution is 2.56. The zero-order chi connectivity index (χ0) is 14.5. The van der Waals surface area contributed by atoms with Crippen LogP contribution in [0.3, 0.4) is 0 Å². The zero-order valence-electron chi connectivity index (χ0n) is 11.8. The number of carbonyl (C=O) groups is 2. The van der Waals surface area contributed by atoms with Crippen LogP contribution in [0.4, 0.5) is 0 Å². The third-order valence-electron chi connectivity index (χ3n) is 4.76. The lowest BCUT2D eigenvalue weighted by Gasteiger charge is -2.57. The fourth-order valence-corrected chi connectivity index (χ4v) is 3.87. The normalized spacial score (nSPS) is 42.4. The molecule has 0 aromatic carbocycles. The molecule has 6 heteroatoms. The van der Waals surface area contributed by atoms with Crippen molar-refractivity contribution in [1.29, 1.82) is 0 Å². The summed E-state index contributed by atoms with van der Waals surface area (Å²) in [6, 6.07) is 0. The molecule has 4 rings (SSSR count). The number of hydrogen-bond acceptors (Lipinski definition) is 6. The maximum absolute atomic E-state index is 12.8. The lowest BCUT2D eigenvalue weighted by molar-refractivity contribution is -0.290. The van der Waals surface area contributed by atoms with Crippen LogP contribution in [-0.4, -0.2) is 51.1 Å². The average Bonchev–Trinajstić information content (AvgIpc) is 2.50. The van der Waals surface area contributed by atoms with Gasteiger partial charge in [-0.3, -0.25) is 4.79 Å². The van der Waals surface area contributed by atoms with Crippen LogP contribution in [-0.2, 0) is 28.5 Å². The van der Waals surface area contributed by atoms with E-state index >= 15 is 0 Å². The third kappa shape index (κ3) is 1.44. The van der Waals surface area contributed by atoms with Gasteiger partial charge in [-0.05, 0) is 24.8 Å². The van der Waals surface area contributed by atoms with Gasteiger partial charge in [-0.15, -0.1) is 0 Å². The standard InChI is InChI=1S/C14H18O6/c1-17-11(15)9-7-13(18-2)6-8-4-5-20-14(19-3,10(8)9)12(13)16/h7-8,10H,4-6H2,1-3H3/t8-,10-,13-,14-/m1/s1. The van der Waals surface area contributed by atoms with Crippen LogP contribution < -0.4 is 0 Å². The van der Waals surface area contributed by atoms with Crippen LogP contribution in [0.1, 0.15) is 12.8 Å². The molecular formula is C14H18O6. The van der Waals surface area contributed by atoms with Gasteiger partial charge in [-0.1, -0.05) is 0 Å². The minimum Gasteiger partial charge on any atom is -0.466 e. The summed E-state index contributed by atoms with van der Waals surface area (Å²) in [6.07, 6.45) is 2.92. The Morgan fingerprint density at radius 3 is 2.70 bits per heavy atom. The van der Waals surface area contributed by atoms with E-state index in [0.717, 1.165) is 6.42 Å². The number of carbonyl (C=O) groups excluding carboxylic acids is 2. The maximum atomic E-state index is 12.8. The number of Topliss-reactive ketones (excluding diaryl/α,β-unsaturated/α-hetero) is 1. The molecule has 4 bridgehead atoms. The molecule has 1 heterocycles. The molecule has 0 N–H and O–H groups in total. The van der Waals surface area contributed by atoms with Gasteiger partial charge in [0.05, 0.1) is 19.6 Å². The third-order valence-corrected chi connectivity index (χ3v) is 4.76. The molecule has 20 heavy (non-hydrogen) atoms. The Kier molecular flexibility index (Phi) is 3.00. The van der Waals surface area contributed by atoms with E-state index in [2.05, 4.69) is 0 Å². The second-order valence-corrected chi connectivity index (χ2v) is 5.46. The van der Waals surface area contributed by atoms with E-state index < -0.39 is 23.3 Å². The maximum Gasteiger partial charge on any atom is 0.334 e. The molecule has 1 aliphatic heterocycles. The Bertz CT molecular complexity index is 498. The first-order valence-electron chi connectivity index (χ1n) is 6.65. The molecule has 0 aromatic rings. The molecule has 6 nitrogen and oxygen atoms in total. The quantitative estimate of drug-likeness (QED) is 0.700. The van der Waals surface area contributed by atoms with Gasteiger partial charge in [-0.2, -0.15) is 0 Å². The Balaban J connectivity index is 2.19. The van der Waals surface area contributed by atoms with Gasteiger partial charge in [0.1, 0.15) is 0 Å². The van der Waals surface area contributed by atoms with Crippen molar-refractivity contribution < 1.29 is 28.5 Å². The molecular weight excluding hydrogens is 264 g/mol. The summed E-state index contributed by atoms with van der Waals surface area (Å²) in [5.41, 5.74) is -0.730. The van der Waals surface area contributed by atoms with E-state index in [0.29, 0.717) is 18.6 Å². The van der Waals surface area contributed by atoms with Crippen molar-refractivity contribution in [3.63, 3.8) is 0 Å². The fraction of sp³-hybridized carbons (Fsp3) is 0.714. The lowest BCUT2D eigenvalue weighted by Crippen LogP contribution is -2.71. The second kappa shape index (κ2) is 4.38. The van der Waals surface area contributed by atoms with Gasteiger partial charge >= 0.3 is 5.97 Å². The van der Waals surface area contributed by atoms with Gasteiger partial charge in [0.25, 0.3) is 0 Å². The number of esters is 1.